The molecular formula is C32H50Cl2N2O2. The van der Waals surface area contributed by atoms with Crippen molar-refractivity contribution >= 4 is 47.2 Å². The van der Waals surface area contributed by atoms with Gasteiger partial charge in [0.2, 0.25) is 0 Å². The van der Waals surface area contributed by atoms with Crippen LogP contribution in [0.5, 0.6) is 0 Å². The van der Waals surface area contributed by atoms with E-state index in [1.165, 1.54) is 16.5 Å². The van der Waals surface area contributed by atoms with Crippen molar-refractivity contribution in [3.63, 3.8) is 0 Å². The van der Waals surface area contributed by atoms with E-state index in [1.807, 2.05) is 12.1 Å². The van der Waals surface area contributed by atoms with E-state index in [-0.39, 0.29) is 36.4 Å². The second kappa shape index (κ2) is 18.0. The summed E-state index contributed by atoms with van der Waals surface area (Å²) < 4.78 is 0. The van der Waals surface area contributed by atoms with Crippen LogP contribution < -0.4 is 0 Å². The minimum Gasteiger partial charge on any atom is -0.296 e. The molecule has 0 radical (unpaired) electrons. The van der Waals surface area contributed by atoms with Crippen LogP contribution in [0, 0.1) is 0 Å². The summed E-state index contributed by atoms with van der Waals surface area (Å²) in [5.74, 6) is 0.435. The van der Waals surface area contributed by atoms with Crippen molar-refractivity contribution in [2.24, 2.45) is 0 Å². The lowest BCUT2D eigenvalue weighted by Gasteiger charge is -2.22. The number of aryl methyl sites for hydroxylation is 2. The highest BCUT2D eigenvalue weighted by Gasteiger charge is 2.25. The summed E-state index contributed by atoms with van der Waals surface area (Å²) in [6, 6.07) is 8.23. The fourth-order valence-corrected chi connectivity index (χ4v) is 5.47. The van der Waals surface area contributed by atoms with Crippen LogP contribution in [0.4, 0.5) is 0 Å². The van der Waals surface area contributed by atoms with Crippen molar-refractivity contribution in [3.05, 3.63) is 46.5 Å². The average molecular weight is 566 g/mol. The van der Waals surface area contributed by atoms with Gasteiger partial charge in [0.05, 0.1) is 13.1 Å². The number of carbonyl (C=O) groups is 2. The number of Topliss-reactive ketones (excluding diaryl/α,β-unsaturated/α-hetero) is 2. The standard InChI is InChI=1S/C32H48N2O2.2ClH/c1-5-9-19-33(20-10-6-2)23-30(35)26-15-13-25-14-16-28-27(17-18-29(26)32(25)28)31(36)24-34(21-11-7-3)22-12-8-4;;/h13,15,17-18H,5-12,14,16,19-24H2,1-4H3;2*1H. The molecule has 6 heteroatoms. The molecule has 0 atom stereocenters. The molecule has 0 unspecified atom stereocenters. The van der Waals surface area contributed by atoms with Crippen molar-refractivity contribution < 1.29 is 9.59 Å². The Morgan fingerprint density at radius 1 is 0.632 bits per heavy atom. The molecule has 0 fully saturated rings. The van der Waals surface area contributed by atoms with Gasteiger partial charge in [0.1, 0.15) is 0 Å². The van der Waals surface area contributed by atoms with E-state index in [2.05, 4.69) is 49.6 Å². The van der Waals surface area contributed by atoms with Gasteiger partial charge in [-0.1, -0.05) is 77.6 Å². The molecule has 0 aromatic heterocycles. The number of hydrogen-bond acceptors (Lipinski definition) is 4. The van der Waals surface area contributed by atoms with Crippen LogP contribution in [-0.4, -0.2) is 60.6 Å². The molecule has 0 N–H and O–H groups in total. The first-order valence-corrected chi connectivity index (χ1v) is 14.6. The van der Waals surface area contributed by atoms with E-state index in [9.17, 15) is 9.59 Å². The summed E-state index contributed by atoms with van der Waals surface area (Å²) in [4.78, 5) is 31.6. The smallest absolute Gasteiger partial charge is 0.177 e. The van der Waals surface area contributed by atoms with Crippen molar-refractivity contribution in [2.75, 3.05) is 39.3 Å². The number of benzene rings is 2. The molecule has 0 amide bonds. The molecule has 0 aliphatic heterocycles. The van der Waals surface area contributed by atoms with Crippen LogP contribution in [0.3, 0.4) is 0 Å². The predicted octanol–water partition coefficient (Wildman–Crippen LogP) is 7.95. The molecule has 3 rings (SSSR count). The van der Waals surface area contributed by atoms with Gasteiger partial charge >= 0.3 is 0 Å². The maximum atomic E-state index is 13.5. The van der Waals surface area contributed by atoms with Crippen LogP contribution in [0.2, 0.25) is 0 Å². The van der Waals surface area contributed by atoms with Crippen LogP contribution in [0.25, 0.3) is 10.8 Å². The Labute approximate surface area is 243 Å². The van der Waals surface area contributed by atoms with Gasteiger partial charge in [0.25, 0.3) is 0 Å². The molecule has 1 aliphatic carbocycles. The Hall–Kier alpha value is -1.46. The molecule has 4 nitrogen and oxygen atoms in total. The van der Waals surface area contributed by atoms with E-state index in [0.717, 1.165) is 107 Å². The summed E-state index contributed by atoms with van der Waals surface area (Å²) in [5, 5.41) is 2.22. The Morgan fingerprint density at radius 3 is 1.55 bits per heavy atom. The van der Waals surface area contributed by atoms with E-state index < -0.39 is 0 Å². The van der Waals surface area contributed by atoms with Crippen LogP contribution in [-0.2, 0) is 12.8 Å². The fraction of sp³-hybridized carbons (Fsp3) is 0.625. The largest absolute Gasteiger partial charge is 0.296 e. The number of carbonyl (C=O) groups excluding carboxylic acids is 2. The Kier molecular flexibility index (Phi) is 16.4. The van der Waals surface area contributed by atoms with Gasteiger partial charge in [-0.2, -0.15) is 0 Å². The molecule has 38 heavy (non-hydrogen) atoms. The number of unbranched alkanes of at least 4 members (excludes halogenated alkanes) is 4. The SMILES string of the molecule is CCCCN(CCCC)CC(=O)c1ccc2c(C(=O)CN(CCCC)CCCC)ccc3c2c1CC3.Cl.Cl. The van der Waals surface area contributed by atoms with Crippen molar-refractivity contribution in [1.82, 2.24) is 9.80 Å². The van der Waals surface area contributed by atoms with Gasteiger partial charge in [0.15, 0.2) is 11.6 Å². The molecule has 0 saturated carbocycles. The second-order valence-electron chi connectivity index (χ2n) is 10.6. The van der Waals surface area contributed by atoms with Gasteiger partial charge in [-0.15, -0.1) is 24.8 Å². The number of nitrogens with zero attached hydrogens (tertiary/aromatic N) is 2. The zero-order valence-corrected chi connectivity index (χ0v) is 25.8. The monoisotopic (exact) mass is 564 g/mol. The number of hydrogen-bond donors (Lipinski definition) is 0. The molecule has 2 aromatic rings. The van der Waals surface area contributed by atoms with E-state index in [4.69, 9.17) is 0 Å². The van der Waals surface area contributed by atoms with Crippen molar-refractivity contribution in [2.45, 2.75) is 91.9 Å². The molecular weight excluding hydrogens is 515 g/mol. The van der Waals surface area contributed by atoms with Crippen LogP contribution >= 0.6 is 24.8 Å². The zero-order chi connectivity index (χ0) is 25.9. The highest BCUT2D eigenvalue weighted by molar-refractivity contribution is 6.13. The molecule has 0 bridgehead atoms. The Morgan fingerprint density at radius 2 is 1.08 bits per heavy atom. The second-order valence-corrected chi connectivity index (χ2v) is 10.6. The first-order chi connectivity index (χ1) is 17.5. The highest BCUT2D eigenvalue weighted by atomic mass is 35.5. The third kappa shape index (κ3) is 9.05. The molecule has 2 aromatic carbocycles. The molecule has 214 valence electrons. The van der Waals surface area contributed by atoms with Crippen LogP contribution in [0.1, 0.15) is 111 Å². The highest BCUT2D eigenvalue weighted by Crippen LogP contribution is 2.35. The molecule has 1 aliphatic rings. The Balaban J connectivity index is 0.00000361. The van der Waals surface area contributed by atoms with Gasteiger partial charge in [-0.05, 0) is 86.6 Å². The van der Waals surface area contributed by atoms with E-state index >= 15 is 0 Å². The molecule has 0 heterocycles. The van der Waals surface area contributed by atoms with Gasteiger partial charge in [-0.25, -0.2) is 0 Å². The third-order valence-electron chi connectivity index (χ3n) is 7.67. The number of halogens is 2. The van der Waals surface area contributed by atoms with Gasteiger partial charge < -0.3 is 0 Å². The summed E-state index contributed by atoms with van der Waals surface area (Å²) in [7, 11) is 0. The normalized spacial score (nSPS) is 12.2. The fourth-order valence-electron chi connectivity index (χ4n) is 5.47. The minimum atomic E-state index is 0. The average Bonchev–Trinajstić information content (AvgIpc) is 3.32. The number of rotatable bonds is 18. The topological polar surface area (TPSA) is 40.6 Å². The van der Waals surface area contributed by atoms with E-state index in [1.54, 1.807) is 0 Å². The van der Waals surface area contributed by atoms with E-state index in [0.29, 0.717) is 13.1 Å². The lowest BCUT2D eigenvalue weighted by molar-refractivity contribution is 0.0921. The van der Waals surface area contributed by atoms with Gasteiger partial charge in [0, 0.05) is 11.1 Å². The molecule has 0 saturated heterocycles. The minimum absolute atomic E-state index is 0. The summed E-state index contributed by atoms with van der Waals surface area (Å²) in [6.45, 7) is 13.7. The zero-order valence-electron chi connectivity index (χ0n) is 24.2. The third-order valence-corrected chi connectivity index (χ3v) is 7.67. The summed E-state index contributed by atoms with van der Waals surface area (Å²) >= 11 is 0. The van der Waals surface area contributed by atoms with Gasteiger partial charge in [-0.3, -0.25) is 19.4 Å². The van der Waals surface area contributed by atoms with Crippen LogP contribution in [0.15, 0.2) is 24.3 Å². The summed E-state index contributed by atoms with van der Waals surface area (Å²) in [5.41, 5.74) is 4.15. The lowest BCUT2D eigenvalue weighted by atomic mass is 9.93. The first kappa shape index (κ1) is 34.6. The quantitative estimate of drug-likeness (QED) is 0.172. The van der Waals surface area contributed by atoms with Crippen molar-refractivity contribution in [3.8, 4) is 0 Å². The number of ketones is 2. The summed E-state index contributed by atoms with van der Waals surface area (Å²) in [6.07, 6.45) is 10.9. The predicted molar refractivity (Wildman–Crippen MR) is 167 cm³/mol. The first-order valence-electron chi connectivity index (χ1n) is 14.6. The van der Waals surface area contributed by atoms with Crippen molar-refractivity contribution in [1.29, 1.82) is 0 Å². The Bertz CT molecular complexity index is 1010. The maximum absolute atomic E-state index is 13.5. The lowest BCUT2D eigenvalue weighted by Crippen LogP contribution is -2.32. The molecule has 0 spiro atoms. The maximum Gasteiger partial charge on any atom is 0.177 e.